The van der Waals surface area contributed by atoms with Crippen molar-refractivity contribution in [1.82, 2.24) is 0 Å². The zero-order chi connectivity index (χ0) is 20.9. The molecule has 0 heterocycles. The van der Waals surface area contributed by atoms with Crippen LogP contribution < -0.4 is 14.8 Å². The van der Waals surface area contributed by atoms with Crippen molar-refractivity contribution in [3.05, 3.63) is 89.0 Å². The molecule has 0 spiro atoms. The first-order valence-corrected chi connectivity index (χ1v) is 10.3. The van der Waals surface area contributed by atoms with Gasteiger partial charge in [0.2, 0.25) is 5.91 Å². The first-order chi connectivity index (χ1) is 14.5. The van der Waals surface area contributed by atoms with Gasteiger partial charge in [0, 0.05) is 35.7 Å². The van der Waals surface area contributed by atoms with E-state index in [2.05, 4.69) is 60.8 Å². The highest BCUT2D eigenvalue weighted by Gasteiger charge is 2.53. The van der Waals surface area contributed by atoms with Crippen LogP contribution in [-0.4, -0.2) is 20.1 Å². The number of fused-ring (bicyclic) bond motifs is 1. The summed E-state index contributed by atoms with van der Waals surface area (Å²) >= 11 is 0. The molecule has 1 atom stereocenters. The monoisotopic (exact) mass is 399 g/mol. The molecule has 6 rings (SSSR count). The number of carbonyl (C=O) groups excluding carboxylic acids is 1. The molecule has 0 radical (unpaired) electrons. The summed E-state index contributed by atoms with van der Waals surface area (Å²) in [5.41, 5.74) is 5.38. The zero-order valence-electron chi connectivity index (χ0n) is 17.4. The van der Waals surface area contributed by atoms with E-state index in [1.807, 2.05) is 12.1 Å². The summed E-state index contributed by atoms with van der Waals surface area (Å²) < 4.78 is 10.7. The van der Waals surface area contributed by atoms with E-state index in [0.29, 0.717) is 17.2 Å². The smallest absolute Gasteiger partial charge is 0.231 e. The summed E-state index contributed by atoms with van der Waals surface area (Å²) in [5.74, 6) is 1.59. The number of hydrogen-bond donors (Lipinski definition) is 1. The lowest BCUT2D eigenvalue weighted by molar-refractivity contribution is -0.126. The van der Waals surface area contributed by atoms with Crippen molar-refractivity contribution < 1.29 is 14.3 Å². The SMILES string of the molecule is COc1cc(NC(=O)C2(C)CC3c4ccccc4C2c2ccccc23)cc(OC)c1. The second kappa shape index (κ2) is 6.91. The Morgan fingerprint density at radius 1 is 0.867 bits per heavy atom. The normalized spacial score (nSPS) is 23.3. The van der Waals surface area contributed by atoms with Gasteiger partial charge in [-0.3, -0.25) is 4.79 Å². The highest BCUT2D eigenvalue weighted by molar-refractivity contribution is 5.97. The van der Waals surface area contributed by atoms with Gasteiger partial charge in [-0.2, -0.15) is 0 Å². The van der Waals surface area contributed by atoms with E-state index in [9.17, 15) is 4.79 Å². The third-order valence-corrected chi connectivity index (χ3v) is 6.76. The minimum atomic E-state index is -0.552. The maximum Gasteiger partial charge on any atom is 0.231 e. The van der Waals surface area contributed by atoms with Crippen LogP contribution in [0.4, 0.5) is 5.69 Å². The standard InChI is InChI=1S/C26H25NO3/c1-26(25(28)27-16-12-17(29-2)14-18(13-16)30-3)15-23-19-8-4-6-10-21(19)24(26)22-11-7-5-9-20(22)23/h4-14,23-24H,15H2,1-3H3,(H,27,28). The van der Waals surface area contributed by atoms with Crippen molar-refractivity contribution >= 4 is 11.6 Å². The Hall–Kier alpha value is -3.27. The van der Waals surface area contributed by atoms with Crippen LogP contribution in [0.3, 0.4) is 0 Å². The first kappa shape index (κ1) is 18.7. The average molecular weight is 399 g/mol. The summed E-state index contributed by atoms with van der Waals surface area (Å²) in [6.07, 6.45) is 0.790. The van der Waals surface area contributed by atoms with Gasteiger partial charge in [-0.25, -0.2) is 0 Å². The molecule has 152 valence electrons. The number of hydrogen-bond acceptors (Lipinski definition) is 3. The predicted molar refractivity (Wildman–Crippen MR) is 117 cm³/mol. The molecule has 0 aliphatic heterocycles. The minimum absolute atomic E-state index is 0.0248. The number of anilines is 1. The number of rotatable bonds is 4. The lowest BCUT2D eigenvalue weighted by atomic mass is 9.52. The van der Waals surface area contributed by atoms with Crippen LogP contribution in [0.1, 0.15) is 47.4 Å². The number of ether oxygens (including phenoxy) is 2. The van der Waals surface area contributed by atoms with Gasteiger partial charge < -0.3 is 14.8 Å². The van der Waals surface area contributed by atoms with Gasteiger partial charge in [0.25, 0.3) is 0 Å². The highest BCUT2D eigenvalue weighted by Crippen LogP contribution is 2.61. The average Bonchev–Trinajstić information content (AvgIpc) is 2.78. The fourth-order valence-electron chi connectivity index (χ4n) is 5.34. The maximum absolute atomic E-state index is 13.7. The van der Waals surface area contributed by atoms with Gasteiger partial charge in [-0.1, -0.05) is 48.5 Å². The summed E-state index contributed by atoms with van der Waals surface area (Å²) in [5, 5.41) is 3.15. The molecule has 2 bridgehead atoms. The van der Waals surface area contributed by atoms with Crippen molar-refractivity contribution in [3.63, 3.8) is 0 Å². The third-order valence-electron chi connectivity index (χ3n) is 6.76. The highest BCUT2D eigenvalue weighted by atomic mass is 16.5. The van der Waals surface area contributed by atoms with E-state index < -0.39 is 5.41 Å². The summed E-state index contributed by atoms with van der Waals surface area (Å²) in [7, 11) is 3.21. The van der Waals surface area contributed by atoms with Gasteiger partial charge in [-0.05, 0) is 35.6 Å². The van der Waals surface area contributed by atoms with Crippen LogP contribution >= 0.6 is 0 Å². The molecule has 1 unspecified atom stereocenters. The largest absolute Gasteiger partial charge is 0.497 e. The Bertz CT molecular complexity index is 1070. The molecule has 0 fully saturated rings. The topological polar surface area (TPSA) is 47.6 Å². The van der Waals surface area contributed by atoms with Gasteiger partial charge in [0.1, 0.15) is 11.5 Å². The van der Waals surface area contributed by atoms with Gasteiger partial charge in [0.05, 0.1) is 19.6 Å². The summed E-state index contributed by atoms with van der Waals surface area (Å²) in [6.45, 7) is 2.10. The van der Waals surface area contributed by atoms with Gasteiger partial charge in [0.15, 0.2) is 0 Å². The Kier molecular flexibility index (Phi) is 4.31. The number of methoxy groups -OCH3 is 2. The van der Waals surface area contributed by atoms with Crippen molar-refractivity contribution in [2.75, 3.05) is 19.5 Å². The van der Waals surface area contributed by atoms with Crippen LogP contribution in [0.5, 0.6) is 11.5 Å². The van der Waals surface area contributed by atoms with E-state index in [1.165, 1.54) is 22.3 Å². The van der Waals surface area contributed by atoms with Gasteiger partial charge >= 0.3 is 0 Å². The second-order valence-electron chi connectivity index (χ2n) is 8.42. The summed E-state index contributed by atoms with van der Waals surface area (Å²) in [6, 6.07) is 22.6. The van der Waals surface area contributed by atoms with Crippen molar-refractivity contribution in [2.45, 2.75) is 25.2 Å². The zero-order valence-corrected chi connectivity index (χ0v) is 17.4. The van der Waals surface area contributed by atoms with Crippen molar-refractivity contribution in [3.8, 4) is 11.5 Å². The predicted octanol–water partition coefficient (Wildman–Crippen LogP) is 5.33. The van der Waals surface area contributed by atoms with Crippen molar-refractivity contribution in [1.29, 1.82) is 0 Å². The Morgan fingerprint density at radius 3 is 1.87 bits per heavy atom. The summed E-state index contributed by atoms with van der Waals surface area (Å²) in [4.78, 5) is 13.7. The molecule has 1 amide bonds. The first-order valence-electron chi connectivity index (χ1n) is 10.3. The number of amides is 1. The van der Waals surface area contributed by atoms with E-state index in [1.54, 1.807) is 20.3 Å². The van der Waals surface area contributed by atoms with E-state index >= 15 is 0 Å². The van der Waals surface area contributed by atoms with Crippen LogP contribution in [0.15, 0.2) is 66.7 Å². The minimum Gasteiger partial charge on any atom is -0.497 e. The lowest BCUT2D eigenvalue weighted by Crippen LogP contribution is -2.47. The Balaban J connectivity index is 1.56. The van der Waals surface area contributed by atoms with Crippen LogP contribution in [0.2, 0.25) is 0 Å². The molecule has 3 aromatic rings. The van der Waals surface area contributed by atoms with E-state index in [4.69, 9.17) is 9.47 Å². The quantitative estimate of drug-likeness (QED) is 0.645. The lowest BCUT2D eigenvalue weighted by Gasteiger charge is -2.50. The maximum atomic E-state index is 13.7. The fourth-order valence-corrected chi connectivity index (χ4v) is 5.34. The molecule has 30 heavy (non-hydrogen) atoms. The van der Waals surface area contributed by atoms with Crippen LogP contribution in [0, 0.1) is 5.41 Å². The number of nitrogens with one attached hydrogen (secondary N) is 1. The molecule has 3 aliphatic rings. The van der Waals surface area contributed by atoms with Crippen molar-refractivity contribution in [2.24, 2.45) is 5.41 Å². The molecule has 1 N–H and O–H groups in total. The molecule has 0 saturated heterocycles. The molecule has 0 saturated carbocycles. The van der Waals surface area contributed by atoms with Crippen LogP contribution in [-0.2, 0) is 4.79 Å². The molecule has 3 aromatic carbocycles. The Labute approximate surface area is 176 Å². The molecular formula is C26H25NO3. The molecular weight excluding hydrogens is 374 g/mol. The van der Waals surface area contributed by atoms with E-state index in [0.717, 1.165) is 6.42 Å². The van der Waals surface area contributed by atoms with Gasteiger partial charge in [-0.15, -0.1) is 0 Å². The Morgan fingerprint density at radius 2 is 1.37 bits per heavy atom. The third kappa shape index (κ3) is 2.71. The van der Waals surface area contributed by atoms with Crippen LogP contribution in [0.25, 0.3) is 0 Å². The number of carbonyl (C=O) groups is 1. The fraction of sp³-hybridized carbons (Fsp3) is 0.269. The molecule has 4 heteroatoms. The second-order valence-corrected chi connectivity index (χ2v) is 8.42. The molecule has 4 nitrogen and oxygen atoms in total. The number of benzene rings is 3. The molecule has 3 aliphatic carbocycles. The molecule has 0 aromatic heterocycles. The van der Waals surface area contributed by atoms with E-state index in [-0.39, 0.29) is 17.7 Å².